The summed E-state index contributed by atoms with van der Waals surface area (Å²) in [6, 6.07) is 14.0. The van der Waals surface area contributed by atoms with Crippen LogP contribution in [-0.2, 0) is 11.2 Å². The Morgan fingerprint density at radius 2 is 1.89 bits per heavy atom. The summed E-state index contributed by atoms with van der Waals surface area (Å²) in [5.74, 6) is -0.102. The van der Waals surface area contributed by atoms with E-state index in [1.165, 1.54) is 11.1 Å². The van der Waals surface area contributed by atoms with Gasteiger partial charge in [0.25, 0.3) is 0 Å². The molecule has 3 heteroatoms. The maximum absolute atomic E-state index is 12.1. The molecule has 2 aromatic rings. The molecule has 0 radical (unpaired) electrons. The van der Waals surface area contributed by atoms with Gasteiger partial charge >= 0.3 is 0 Å². The average molecular weight is 252 g/mol. The molecule has 0 aliphatic carbocycles. The first-order valence-corrected chi connectivity index (χ1v) is 6.40. The van der Waals surface area contributed by atoms with E-state index in [2.05, 4.69) is 36.5 Å². The van der Waals surface area contributed by atoms with E-state index in [4.69, 9.17) is 5.73 Å². The number of nitrogens with two attached hydrogens (primary N) is 1. The van der Waals surface area contributed by atoms with Gasteiger partial charge in [-0.25, -0.2) is 0 Å². The maximum atomic E-state index is 12.1. The minimum absolute atomic E-state index is 0.0356. The Balaban J connectivity index is 1.92. The SMILES string of the molecule is Cc1ccc(CC2C(=O)Nc3c(N)cccc32)cc1. The molecule has 1 unspecified atom stereocenters. The second kappa shape index (κ2) is 4.43. The van der Waals surface area contributed by atoms with Gasteiger partial charge in [0.2, 0.25) is 5.91 Å². The Hall–Kier alpha value is -2.29. The normalized spacial score (nSPS) is 17.1. The van der Waals surface area contributed by atoms with Gasteiger partial charge in [0.15, 0.2) is 0 Å². The molecule has 3 rings (SSSR count). The van der Waals surface area contributed by atoms with Crippen LogP contribution in [0.1, 0.15) is 22.6 Å². The largest absolute Gasteiger partial charge is 0.397 e. The van der Waals surface area contributed by atoms with Crippen molar-refractivity contribution in [2.45, 2.75) is 19.3 Å². The Morgan fingerprint density at radius 3 is 2.63 bits per heavy atom. The minimum Gasteiger partial charge on any atom is -0.397 e. The standard InChI is InChI=1S/C16H16N2O/c1-10-5-7-11(8-6-10)9-13-12-3-2-4-14(17)15(12)18-16(13)19/h2-8,13H,9,17H2,1H3,(H,18,19). The van der Waals surface area contributed by atoms with Crippen LogP contribution in [0.3, 0.4) is 0 Å². The van der Waals surface area contributed by atoms with E-state index in [0.717, 1.165) is 11.3 Å². The van der Waals surface area contributed by atoms with Crippen LogP contribution in [0.25, 0.3) is 0 Å². The van der Waals surface area contributed by atoms with E-state index in [-0.39, 0.29) is 11.8 Å². The lowest BCUT2D eigenvalue weighted by atomic mass is 9.92. The monoisotopic (exact) mass is 252 g/mol. The average Bonchev–Trinajstić information content (AvgIpc) is 2.71. The van der Waals surface area contributed by atoms with Crippen molar-refractivity contribution < 1.29 is 4.79 Å². The third-order valence-electron chi connectivity index (χ3n) is 3.63. The molecule has 96 valence electrons. The maximum Gasteiger partial charge on any atom is 0.232 e. The first-order chi connectivity index (χ1) is 9.15. The molecule has 3 N–H and O–H groups in total. The molecule has 1 atom stereocenters. The lowest BCUT2D eigenvalue weighted by molar-refractivity contribution is -0.117. The van der Waals surface area contributed by atoms with Crippen LogP contribution in [0.5, 0.6) is 0 Å². The molecule has 1 amide bonds. The number of carbonyl (C=O) groups is 1. The quantitative estimate of drug-likeness (QED) is 0.807. The Kier molecular flexibility index (Phi) is 2.75. The van der Waals surface area contributed by atoms with Crippen molar-refractivity contribution in [3.8, 4) is 0 Å². The van der Waals surface area contributed by atoms with Gasteiger partial charge in [-0.1, -0.05) is 42.0 Å². The van der Waals surface area contributed by atoms with Crippen molar-refractivity contribution in [1.82, 2.24) is 0 Å². The third kappa shape index (κ3) is 2.08. The minimum atomic E-state index is -0.138. The number of rotatable bonds is 2. The van der Waals surface area contributed by atoms with Crippen LogP contribution in [0.15, 0.2) is 42.5 Å². The van der Waals surface area contributed by atoms with Crippen molar-refractivity contribution in [2.24, 2.45) is 0 Å². The molecular weight excluding hydrogens is 236 g/mol. The summed E-state index contributed by atoms with van der Waals surface area (Å²) in [5.41, 5.74) is 10.7. The first-order valence-electron chi connectivity index (χ1n) is 6.40. The highest BCUT2D eigenvalue weighted by molar-refractivity contribution is 6.05. The Labute approximate surface area is 112 Å². The van der Waals surface area contributed by atoms with Gasteiger partial charge in [-0.2, -0.15) is 0 Å². The summed E-state index contributed by atoms with van der Waals surface area (Å²) in [5, 5.41) is 2.88. The molecule has 0 spiro atoms. The number of hydrogen-bond donors (Lipinski definition) is 2. The number of anilines is 2. The van der Waals surface area contributed by atoms with E-state index >= 15 is 0 Å². The fraction of sp³-hybridized carbons (Fsp3) is 0.188. The van der Waals surface area contributed by atoms with Gasteiger partial charge < -0.3 is 11.1 Å². The van der Waals surface area contributed by atoms with Crippen molar-refractivity contribution in [1.29, 1.82) is 0 Å². The molecular formula is C16H16N2O. The van der Waals surface area contributed by atoms with Gasteiger partial charge in [-0.05, 0) is 30.5 Å². The lowest BCUT2D eigenvalue weighted by Crippen LogP contribution is -2.14. The van der Waals surface area contributed by atoms with Crippen LogP contribution in [0.4, 0.5) is 11.4 Å². The second-order valence-corrected chi connectivity index (χ2v) is 5.04. The molecule has 1 aliphatic rings. The highest BCUT2D eigenvalue weighted by Crippen LogP contribution is 2.38. The summed E-state index contributed by atoms with van der Waals surface area (Å²) in [6.07, 6.45) is 0.711. The molecule has 1 aliphatic heterocycles. The summed E-state index contributed by atoms with van der Waals surface area (Å²) in [6.45, 7) is 2.06. The van der Waals surface area contributed by atoms with Gasteiger partial charge in [0.1, 0.15) is 0 Å². The number of fused-ring (bicyclic) bond motifs is 1. The first kappa shape index (κ1) is 11.8. The van der Waals surface area contributed by atoms with Crippen LogP contribution in [0, 0.1) is 6.92 Å². The summed E-state index contributed by atoms with van der Waals surface area (Å²) in [7, 11) is 0. The zero-order chi connectivity index (χ0) is 13.4. The number of aryl methyl sites for hydroxylation is 1. The number of para-hydroxylation sites is 1. The fourth-order valence-electron chi connectivity index (χ4n) is 2.54. The van der Waals surface area contributed by atoms with E-state index < -0.39 is 0 Å². The zero-order valence-corrected chi connectivity index (χ0v) is 10.8. The Bertz CT molecular complexity index is 632. The van der Waals surface area contributed by atoms with Crippen molar-refractivity contribution in [3.05, 3.63) is 59.2 Å². The van der Waals surface area contributed by atoms with Crippen LogP contribution in [-0.4, -0.2) is 5.91 Å². The fourth-order valence-corrected chi connectivity index (χ4v) is 2.54. The molecule has 1 heterocycles. The zero-order valence-electron chi connectivity index (χ0n) is 10.8. The molecule has 0 saturated heterocycles. The van der Waals surface area contributed by atoms with E-state index in [1.807, 2.05) is 18.2 Å². The number of nitrogens with one attached hydrogen (secondary N) is 1. The van der Waals surface area contributed by atoms with Crippen LogP contribution < -0.4 is 11.1 Å². The van der Waals surface area contributed by atoms with Gasteiger partial charge in [-0.15, -0.1) is 0 Å². The number of benzene rings is 2. The predicted molar refractivity (Wildman–Crippen MR) is 77.1 cm³/mol. The van der Waals surface area contributed by atoms with Gasteiger partial charge in [0.05, 0.1) is 17.3 Å². The van der Waals surface area contributed by atoms with Crippen molar-refractivity contribution >= 4 is 17.3 Å². The third-order valence-corrected chi connectivity index (χ3v) is 3.63. The number of amides is 1. The highest BCUT2D eigenvalue weighted by Gasteiger charge is 2.31. The van der Waals surface area contributed by atoms with E-state index in [9.17, 15) is 4.79 Å². The van der Waals surface area contributed by atoms with Crippen molar-refractivity contribution in [2.75, 3.05) is 11.1 Å². The summed E-state index contributed by atoms with van der Waals surface area (Å²) < 4.78 is 0. The van der Waals surface area contributed by atoms with E-state index in [0.29, 0.717) is 12.1 Å². The smallest absolute Gasteiger partial charge is 0.232 e. The second-order valence-electron chi connectivity index (χ2n) is 5.04. The van der Waals surface area contributed by atoms with Crippen molar-refractivity contribution in [3.63, 3.8) is 0 Å². The predicted octanol–water partition coefficient (Wildman–Crippen LogP) is 2.86. The molecule has 0 bridgehead atoms. The summed E-state index contributed by atoms with van der Waals surface area (Å²) >= 11 is 0. The molecule has 3 nitrogen and oxygen atoms in total. The molecule has 0 saturated carbocycles. The molecule has 19 heavy (non-hydrogen) atoms. The molecule has 0 fully saturated rings. The van der Waals surface area contributed by atoms with Gasteiger partial charge in [-0.3, -0.25) is 4.79 Å². The van der Waals surface area contributed by atoms with E-state index in [1.54, 1.807) is 0 Å². The number of hydrogen-bond acceptors (Lipinski definition) is 2. The Morgan fingerprint density at radius 1 is 1.16 bits per heavy atom. The lowest BCUT2D eigenvalue weighted by Gasteiger charge is -2.09. The topological polar surface area (TPSA) is 55.1 Å². The van der Waals surface area contributed by atoms with Crippen LogP contribution >= 0.6 is 0 Å². The summed E-state index contributed by atoms with van der Waals surface area (Å²) in [4.78, 5) is 12.1. The molecule has 0 aromatic heterocycles. The number of nitrogen functional groups attached to an aromatic ring is 1. The highest BCUT2D eigenvalue weighted by atomic mass is 16.2. The van der Waals surface area contributed by atoms with Gasteiger partial charge in [0, 0.05) is 0 Å². The van der Waals surface area contributed by atoms with Crippen LogP contribution in [0.2, 0.25) is 0 Å². The number of carbonyl (C=O) groups excluding carboxylic acids is 1. The molecule has 2 aromatic carbocycles.